The first kappa shape index (κ1) is 11.6. The molecule has 0 aliphatic carbocycles. The predicted octanol–water partition coefficient (Wildman–Crippen LogP) is 4.12. The van der Waals surface area contributed by atoms with Crippen molar-refractivity contribution in [1.82, 2.24) is 0 Å². The first-order valence-corrected chi connectivity index (χ1v) is 5.39. The summed E-state index contributed by atoms with van der Waals surface area (Å²) in [5.74, 6) is 0. The lowest BCUT2D eigenvalue weighted by atomic mass is 10.1. The van der Waals surface area contributed by atoms with Gasteiger partial charge in [-0.25, -0.2) is 0 Å². The van der Waals surface area contributed by atoms with E-state index in [9.17, 15) is 0 Å². The number of benzene rings is 1. The summed E-state index contributed by atoms with van der Waals surface area (Å²) >= 11 is 0. The Hall–Kier alpha value is -1.44. The van der Waals surface area contributed by atoms with Gasteiger partial charge in [0.15, 0.2) is 0 Å². The molecule has 2 aromatic rings. The third-order valence-electron chi connectivity index (χ3n) is 2.37. The Labute approximate surface area is 91.3 Å². The molecular formula is C13H19NO. The van der Waals surface area contributed by atoms with E-state index in [4.69, 9.17) is 4.42 Å². The summed E-state index contributed by atoms with van der Waals surface area (Å²) in [7, 11) is 1.93. The van der Waals surface area contributed by atoms with Crippen LogP contribution in [-0.2, 0) is 0 Å². The molecule has 2 heteroatoms. The van der Waals surface area contributed by atoms with E-state index < -0.39 is 0 Å². The lowest BCUT2D eigenvalue weighted by molar-refractivity contribution is 0.613. The molecule has 0 amide bonds. The number of anilines is 1. The van der Waals surface area contributed by atoms with Crippen LogP contribution >= 0.6 is 0 Å². The largest absolute Gasteiger partial charge is 0.464 e. The molecule has 0 atom stereocenters. The van der Waals surface area contributed by atoms with Crippen molar-refractivity contribution >= 4 is 16.7 Å². The first-order valence-electron chi connectivity index (χ1n) is 5.39. The Morgan fingerprint density at radius 2 is 1.80 bits per heavy atom. The van der Waals surface area contributed by atoms with Crippen molar-refractivity contribution < 1.29 is 4.42 Å². The molecule has 1 aromatic carbocycles. The molecule has 15 heavy (non-hydrogen) atoms. The van der Waals surface area contributed by atoms with Crippen molar-refractivity contribution in [3.63, 3.8) is 0 Å². The van der Waals surface area contributed by atoms with Crippen LogP contribution in [-0.4, -0.2) is 7.05 Å². The second kappa shape index (κ2) is 4.87. The average molecular weight is 205 g/mol. The molecule has 0 unspecified atom stereocenters. The molecule has 0 saturated carbocycles. The van der Waals surface area contributed by atoms with Crippen LogP contribution < -0.4 is 5.32 Å². The van der Waals surface area contributed by atoms with E-state index in [1.54, 1.807) is 6.26 Å². The van der Waals surface area contributed by atoms with Gasteiger partial charge in [-0.1, -0.05) is 19.9 Å². The summed E-state index contributed by atoms with van der Waals surface area (Å²) < 4.78 is 5.41. The highest BCUT2D eigenvalue weighted by atomic mass is 16.3. The summed E-state index contributed by atoms with van der Waals surface area (Å²) in [5.41, 5.74) is 4.59. The molecule has 0 fully saturated rings. The molecule has 0 bridgehead atoms. The molecule has 1 heterocycles. The van der Waals surface area contributed by atoms with Gasteiger partial charge in [0.2, 0.25) is 0 Å². The summed E-state index contributed by atoms with van der Waals surface area (Å²) in [6.07, 6.45) is 1.73. The molecule has 2 rings (SSSR count). The van der Waals surface area contributed by atoms with Crippen molar-refractivity contribution in [2.45, 2.75) is 27.7 Å². The maximum atomic E-state index is 5.41. The van der Waals surface area contributed by atoms with Crippen molar-refractivity contribution in [2.75, 3.05) is 12.4 Å². The third-order valence-corrected chi connectivity index (χ3v) is 2.37. The summed E-state index contributed by atoms with van der Waals surface area (Å²) in [5, 5.41) is 4.36. The fourth-order valence-corrected chi connectivity index (χ4v) is 1.82. The summed E-state index contributed by atoms with van der Waals surface area (Å²) in [6, 6.07) is 4.14. The van der Waals surface area contributed by atoms with Crippen LogP contribution in [0.15, 0.2) is 22.8 Å². The molecular weight excluding hydrogens is 186 g/mol. The van der Waals surface area contributed by atoms with E-state index in [0.717, 1.165) is 11.3 Å². The molecule has 0 radical (unpaired) electrons. The Kier molecular flexibility index (Phi) is 3.78. The van der Waals surface area contributed by atoms with Crippen molar-refractivity contribution in [2.24, 2.45) is 0 Å². The topological polar surface area (TPSA) is 25.2 Å². The Balaban J connectivity index is 0.000000531. The summed E-state index contributed by atoms with van der Waals surface area (Å²) in [6.45, 7) is 8.17. The van der Waals surface area contributed by atoms with Crippen LogP contribution in [0.2, 0.25) is 0 Å². The van der Waals surface area contributed by atoms with Gasteiger partial charge in [-0.05, 0) is 31.0 Å². The quantitative estimate of drug-likeness (QED) is 0.757. The highest BCUT2D eigenvalue weighted by molar-refractivity contribution is 5.94. The lowest BCUT2D eigenvalue weighted by Gasteiger charge is -2.07. The third kappa shape index (κ3) is 1.99. The predicted molar refractivity (Wildman–Crippen MR) is 66.6 cm³/mol. The number of fused-ring (bicyclic) bond motifs is 1. The number of hydrogen-bond acceptors (Lipinski definition) is 2. The monoisotopic (exact) mass is 205 g/mol. The molecule has 0 spiro atoms. The van der Waals surface area contributed by atoms with Crippen LogP contribution in [0.5, 0.6) is 0 Å². The fourth-order valence-electron chi connectivity index (χ4n) is 1.82. The molecule has 2 nitrogen and oxygen atoms in total. The molecule has 1 aromatic heterocycles. The van der Waals surface area contributed by atoms with Gasteiger partial charge in [0.25, 0.3) is 0 Å². The zero-order chi connectivity index (χ0) is 11.4. The molecule has 82 valence electrons. The Bertz CT molecular complexity index is 443. The molecule has 0 saturated heterocycles. The van der Waals surface area contributed by atoms with E-state index in [1.807, 2.05) is 27.0 Å². The maximum absolute atomic E-state index is 5.41. The Morgan fingerprint density at radius 1 is 1.13 bits per heavy atom. The average Bonchev–Trinajstić information content (AvgIpc) is 2.70. The van der Waals surface area contributed by atoms with Gasteiger partial charge in [0.05, 0.1) is 6.26 Å². The van der Waals surface area contributed by atoms with Crippen LogP contribution in [0.25, 0.3) is 11.0 Å². The SMILES string of the molecule is CC.CNc1c(C)cc(C)c2occc12. The fraction of sp³-hybridized carbons (Fsp3) is 0.385. The minimum Gasteiger partial charge on any atom is -0.464 e. The minimum atomic E-state index is 0.981. The van der Waals surface area contributed by atoms with E-state index in [1.165, 1.54) is 16.5 Å². The van der Waals surface area contributed by atoms with Gasteiger partial charge < -0.3 is 9.73 Å². The standard InChI is InChI=1S/C11H13NO.C2H6/c1-7-6-8(2)11-9(4-5-13-11)10(7)12-3;1-2/h4-6,12H,1-3H3;1-2H3. The number of furan rings is 1. The number of hydrogen-bond donors (Lipinski definition) is 1. The number of aryl methyl sites for hydroxylation is 2. The lowest BCUT2D eigenvalue weighted by Crippen LogP contribution is -1.93. The second-order valence-electron chi connectivity index (χ2n) is 3.30. The highest BCUT2D eigenvalue weighted by Crippen LogP contribution is 2.30. The van der Waals surface area contributed by atoms with E-state index in [2.05, 4.69) is 25.2 Å². The van der Waals surface area contributed by atoms with E-state index >= 15 is 0 Å². The van der Waals surface area contributed by atoms with Gasteiger partial charge >= 0.3 is 0 Å². The normalized spacial score (nSPS) is 9.67. The van der Waals surface area contributed by atoms with Crippen LogP contribution in [0.1, 0.15) is 25.0 Å². The van der Waals surface area contributed by atoms with Gasteiger partial charge in [-0.15, -0.1) is 0 Å². The van der Waals surface area contributed by atoms with Crippen molar-refractivity contribution in [1.29, 1.82) is 0 Å². The summed E-state index contributed by atoms with van der Waals surface area (Å²) in [4.78, 5) is 0. The molecule has 0 aliphatic rings. The van der Waals surface area contributed by atoms with Gasteiger partial charge in [0.1, 0.15) is 5.58 Å². The minimum absolute atomic E-state index is 0.981. The highest BCUT2D eigenvalue weighted by Gasteiger charge is 2.07. The van der Waals surface area contributed by atoms with Gasteiger partial charge in [0, 0.05) is 18.1 Å². The van der Waals surface area contributed by atoms with E-state index in [-0.39, 0.29) is 0 Å². The van der Waals surface area contributed by atoms with Gasteiger partial charge in [-0.3, -0.25) is 0 Å². The van der Waals surface area contributed by atoms with Crippen LogP contribution in [0.4, 0.5) is 5.69 Å². The maximum Gasteiger partial charge on any atom is 0.138 e. The van der Waals surface area contributed by atoms with Gasteiger partial charge in [-0.2, -0.15) is 0 Å². The molecule has 0 aliphatic heterocycles. The first-order chi connectivity index (χ1) is 7.24. The van der Waals surface area contributed by atoms with Crippen LogP contribution in [0.3, 0.4) is 0 Å². The second-order valence-corrected chi connectivity index (χ2v) is 3.30. The number of nitrogens with one attached hydrogen (secondary N) is 1. The number of rotatable bonds is 1. The Morgan fingerprint density at radius 3 is 2.40 bits per heavy atom. The zero-order valence-electron chi connectivity index (χ0n) is 10.1. The smallest absolute Gasteiger partial charge is 0.138 e. The van der Waals surface area contributed by atoms with Crippen molar-refractivity contribution in [3.8, 4) is 0 Å². The van der Waals surface area contributed by atoms with Crippen LogP contribution in [0, 0.1) is 13.8 Å². The molecule has 1 N–H and O–H groups in total. The van der Waals surface area contributed by atoms with Crippen molar-refractivity contribution in [3.05, 3.63) is 29.5 Å². The zero-order valence-corrected chi connectivity index (χ0v) is 10.1. The van der Waals surface area contributed by atoms with E-state index in [0.29, 0.717) is 0 Å².